The average molecular weight is 279 g/mol. The lowest BCUT2D eigenvalue weighted by atomic mass is 10.0. The normalized spacial score (nSPS) is 25.8. The maximum Gasteiger partial charge on any atom is 0.0564 e. The van der Waals surface area contributed by atoms with Crippen molar-refractivity contribution in [3.63, 3.8) is 0 Å². The monoisotopic (exact) mass is 279 g/mol. The highest BCUT2D eigenvalue weighted by Crippen LogP contribution is 2.30. The third-order valence-corrected chi connectivity index (χ3v) is 6.27. The van der Waals surface area contributed by atoms with Gasteiger partial charge in [-0.1, -0.05) is 25.3 Å². The third kappa shape index (κ3) is 3.46. The van der Waals surface area contributed by atoms with Crippen LogP contribution in [0.3, 0.4) is 0 Å². The van der Waals surface area contributed by atoms with Gasteiger partial charge in [0.2, 0.25) is 0 Å². The Labute approximate surface area is 119 Å². The first-order valence-corrected chi connectivity index (χ1v) is 8.52. The summed E-state index contributed by atoms with van der Waals surface area (Å²) in [7, 11) is -0.909. The maximum atomic E-state index is 12.8. The second kappa shape index (κ2) is 6.67. The molecular weight excluding hydrogens is 254 g/mol. The zero-order valence-electron chi connectivity index (χ0n) is 12.0. The first kappa shape index (κ1) is 14.7. The van der Waals surface area contributed by atoms with E-state index in [1.807, 2.05) is 6.07 Å². The summed E-state index contributed by atoms with van der Waals surface area (Å²) < 4.78 is 12.8. The van der Waals surface area contributed by atoms with Gasteiger partial charge in [-0.3, -0.25) is 4.21 Å². The Hall–Kier alpha value is -0.670. The molecule has 2 N–H and O–H groups in total. The van der Waals surface area contributed by atoms with Crippen LogP contribution < -0.4 is 5.73 Å². The Morgan fingerprint density at radius 3 is 2.58 bits per heavy atom. The van der Waals surface area contributed by atoms with Crippen LogP contribution >= 0.6 is 0 Å². The van der Waals surface area contributed by atoms with E-state index >= 15 is 0 Å². The van der Waals surface area contributed by atoms with Crippen molar-refractivity contribution < 1.29 is 4.21 Å². The highest BCUT2D eigenvalue weighted by Gasteiger charge is 2.28. The molecule has 1 saturated carbocycles. The molecule has 0 heterocycles. The summed E-state index contributed by atoms with van der Waals surface area (Å²) in [5, 5.41) is 0.245. The van der Waals surface area contributed by atoms with Gasteiger partial charge in [0, 0.05) is 10.1 Å². The van der Waals surface area contributed by atoms with Gasteiger partial charge in [0.15, 0.2) is 0 Å². The molecule has 3 atom stereocenters. The lowest BCUT2D eigenvalue weighted by molar-refractivity contribution is 0.473. The van der Waals surface area contributed by atoms with Gasteiger partial charge in [-0.05, 0) is 62.4 Å². The summed E-state index contributed by atoms with van der Waals surface area (Å²) in [6, 6.07) is 6.19. The van der Waals surface area contributed by atoms with Gasteiger partial charge in [0.25, 0.3) is 0 Å². The zero-order valence-corrected chi connectivity index (χ0v) is 12.8. The first-order chi connectivity index (χ1) is 9.13. The molecule has 19 heavy (non-hydrogen) atoms. The molecule has 0 spiro atoms. The average Bonchev–Trinajstić information content (AvgIpc) is 2.66. The van der Waals surface area contributed by atoms with Crippen LogP contribution in [0.1, 0.15) is 43.2 Å². The fourth-order valence-electron chi connectivity index (χ4n) is 2.92. The van der Waals surface area contributed by atoms with Gasteiger partial charge in [0.1, 0.15) is 0 Å². The van der Waals surface area contributed by atoms with Crippen LogP contribution in [0.5, 0.6) is 0 Å². The first-order valence-electron chi connectivity index (χ1n) is 7.31. The van der Waals surface area contributed by atoms with Crippen molar-refractivity contribution in [2.75, 3.05) is 6.54 Å². The molecule has 0 saturated heterocycles. The Balaban J connectivity index is 2.22. The lowest BCUT2D eigenvalue weighted by Crippen LogP contribution is -2.30. The van der Waals surface area contributed by atoms with Crippen molar-refractivity contribution in [3.05, 3.63) is 29.3 Å². The number of benzene rings is 1. The summed E-state index contributed by atoms with van der Waals surface area (Å²) in [4.78, 5) is 0.980. The van der Waals surface area contributed by atoms with Gasteiger partial charge in [-0.15, -0.1) is 0 Å². The molecule has 1 aromatic rings. The molecule has 0 amide bonds. The molecule has 0 bridgehead atoms. The molecule has 1 aromatic carbocycles. The van der Waals surface area contributed by atoms with Crippen LogP contribution in [0.15, 0.2) is 23.1 Å². The number of hydrogen-bond donors (Lipinski definition) is 1. The quantitative estimate of drug-likeness (QED) is 0.863. The van der Waals surface area contributed by atoms with Crippen molar-refractivity contribution >= 4 is 10.8 Å². The van der Waals surface area contributed by atoms with E-state index in [4.69, 9.17) is 5.73 Å². The smallest absolute Gasteiger partial charge is 0.0564 e. The molecule has 1 aliphatic rings. The Morgan fingerprint density at radius 1 is 1.16 bits per heavy atom. The van der Waals surface area contributed by atoms with Gasteiger partial charge < -0.3 is 5.73 Å². The van der Waals surface area contributed by atoms with Gasteiger partial charge in [-0.25, -0.2) is 0 Å². The van der Waals surface area contributed by atoms with E-state index in [0.29, 0.717) is 12.5 Å². The molecular formula is C16H25NOS. The number of hydrogen-bond acceptors (Lipinski definition) is 2. The van der Waals surface area contributed by atoms with Gasteiger partial charge in [0.05, 0.1) is 10.8 Å². The summed E-state index contributed by atoms with van der Waals surface area (Å²) >= 11 is 0. The van der Waals surface area contributed by atoms with Crippen molar-refractivity contribution in [1.29, 1.82) is 0 Å². The summed E-state index contributed by atoms with van der Waals surface area (Å²) in [5.74, 6) is 0.421. The van der Waals surface area contributed by atoms with Crippen LogP contribution in [0.2, 0.25) is 0 Å². The zero-order chi connectivity index (χ0) is 13.8. The SMILES string of the molecule is Cc1ccc(S(=O)C2CCCCCC2CN)cc1C. The van der Waals surface area contributed by atoms with Crippen molar-refractivity contribution in [3.8, 4) is 0 Å². The molecule has 2 rings (SSSR count). The van der Waals surface area contributed by atoms with Gasteiger partial charge in [-0.2, -0.15) is 0 Å². The highest BCUT2D eigenvalue weighted by atomic mass is 32.2. The fourth-order valence-corrected chi connectivity index (χ4v) is 4.74. The van der Waals surface area contributed by atoms with E-state index < -0.39 is 10.8 Å². The van der Waals surface area contributed by atoms with E-state index in [2.05, 4.69) is 26.0 Å². The molecule has 1 aliphatic carbocycles. The van der Waals surface area contributed by atoms with E-state index in [0.717, 1.165) is 17.7 Å². The molecule has 2 nitrogen and oxygen atoms in total. The topological polar surface area (TPSA) is 43.1 Å². The van der Waals surface area contributed by atoms with Crippen LogP contribution in [0.4, 0.5) is 0 Å². The summed E-state index contributed by atoms with van der Waals surface area (Å²) in [6.45, 7) is 4.85. The summed E-state index contributed by atoms with van der Waals surface area (Å²) in [5.41, 5.74) is 8.39. The van der Waals surface area contributed by atoms with Crippen LogP contribution in [0, 0.1) is 19.8 Å². The van der Waals surface area contributed by atoms with E-state index in [9.17, 15) is 4.21 Å². The van der Waals surface area contributed by atoms with Crippen LogP contribution in [-0.4, -0.2) is 16.0 Å². The largest absolute Gasteiger partial charge is 0.330 e. The minimum atomic E-state index is -0.909. The van der Waals surface area contributed by atoms with Crippen molar-refractivity contribution in [2.45, 2.75) is 56.1 Å². The van der Waals surface area contributed by atoms with Crippen molar-refractivity contribution in [1.82, 2.24) is 0 Å². The second-order valence-electron chi connectivity index (χ2n) is 5.72. The number of aryl methyl sites for hydroxylation is 2. The predicted octanol–water partition coefficient (Wildman–Crippen LogP) is 3.32. The lowest BCUT2D eigenvalue weighted by Gasteiger charge is -2.23. The number of nitrogens with two attached hydrogens (primary N) is 1. The van der Waals surface area contributed by atoms with Crippen LogP contribution in [-0.2, 0) is 10.8 Å². The van der Waals surface area contributed by atoms with E-state index in [1.165, 1.54) is 30.4 Å². The van der Waals surface area contributed by atoms with Crippen LogP contribution in [0.25, 0.3) is 0 Å². The molecule has 0 aromatic heterocycles. The molecule has 0 aliphatic heterocycles. The highest BCUT2D eigenvalue weighted by molar-refractivity contribution is 7.85. The minimum absolute atomic E-state index is 0.245. The molecule has 0 radical (unpaired) electrons. The van der Waals surface area contributed by atoms with Crippen molar-refractivity contribution in [2.24, 2.45) is 11.7 Å². The third-order valence-electron chi connectivity index (χ3n) is 4.38. The Kier molecular flexibility index (Phi) is 5.17. The maximum absolute atomic E-state index is 12.8. The number of rotatable bonds is 3. The minimum Gasteiger partial charge on any atom is -0.330 e. The molecule has 3 heteroatoms. The predicted molar refractivity (Wildman–Crippen MR) is 81.7 cm³/mol. The Morgan fingerprint density at radius 2 is 1.89 bits per heavy atom. The molecule has 106 valence electrons. The second-order valence-corrected chi connectivity index (χ2v) is 7.39. The fraction of sp³-hybridized carbons (Fsp3) is 0.625. The van der Waals surface area contributed by atoms with E-state index in [1.54, 1.807) is 0 Å². The molecule has 1 fully saturated rings. The standard InChI is InChI=1S/C16H25NOS/c1-12-8-9-15(10-13(12)2)19(18)16-7-5-3-4-6-14(16)11-17/h8-10,14,16H,3-7,11,17H2,1-2H3. The van der Waals surface area contributed by atoms with E-state index in [-0.39, 0.29) is 5.25 Å². The summed E-state index contributed by atoms with van der Waals surface area (Å²) in [6.07, 6.45) is 5.89. The Bertz CT molecular complexity index is 458. The molecule has 3 unspecified atom stereocenters. The van der Waals surface area contributed by atoms with Gasteiger partial charge >= 0.3 is 0 Å².